The van der Waals surface area contributed by atoms with Gasteiger partial charge in [0.1, 0.15) is 22.5 Å². The highest BCUT2D eigenvalue weighted by molar-refractivity contribution is 5.88. The lowest BCUT2D eigenvalue weighted by Gasteiger charge is -2.09. The summed E-state index contributed by atoms with van der Waals surface area (Å²) in [4.78, 5) is 22.9. The third-order valence-electron chi connectivity index (χ3n) is 3.35. The quantitative estimate of drug-likeness (QED) is 0.347. The Balaban J connectivity index is 2.28. The van der Waals surface area contributed by atoms with E-state index in [1.807, 2.05) is 0 Å². The first kappa shape index (κ1) is 16.0. The summed E-state index contributed by atoms with van der Waals surface area (Å²) in [5.41, 5.74) is -1.14. The monoisotopic (exact) mass is 346 g/mol. The zero-order valence-electron chi connectivity index (χ0n) is 12.3. The highest BCUT2D eigenvalue weighted by Crippen LogP contribution is 2.38. The number of phenolic OH excluding ortho intramolecular Hbond substituents is 3. The van der Waals surface area contributed by atoms with Crippen LogP contribution in [0.3, 0.4) is 0 Å². The van der Waals surface area contributed by atoms with E-state index in [1.165, 1.54) is 6.07 Å². The van der Waals surface area contributed by atoms with Crippen molar-refractivity contribution in [1.82, 2.24) is 0 Å². The number of ether oxygens (including phenoxy) is 1. The van der Waals surface area contributed by atoms with Crippen LogP contribution in [-0.2, 0) is 0 Å². The van der Waals surface area contributed by atoms with E-state index in [1.54, 1.807) is 0 Å². The van der Waals surface area contributed by atoms with Gasteiger partial charge < -0.3 is 34.7 Å². The predicted octanol–water partition coefficient (Wildman–Crippen LogP) is 2.34. The van der Waals surface area contributed by atoms with Crippen molar-refractivity contribution in [3.05, 3.63) is 40.6 Å². The molecule has 0 unspecified atom stereocenters. The van der Waals surface area contributed by atoms with E-state index < -0.39 is 34.6 Å². The van der Waals surface area contributed by atoms with Gasteiger partial charge >= 0.3 is 6.16 Å². The van der Waals surface area contributed by atoms with Crippen LogP contribution < -0.4 is 10.2 Å². The lowest BCUT2D eigenvalue weighted by atomic mass is 10.1. The minimum Gasteiger partial charge on any atom is -0.508 e. The number of carboxylic acid groups (broad SMARTS) is 1. The van der Waals surface area contributed by atoms with Crippen molar-refractivity contribution >= 4 is 17.1 Å². The van der Waals surface area contributed by atoms with E-state index in [0.717, 1.165) is 24.3 Å². The lowest BCUT2D eigenvalue weighted by molar-refractivity contribution is 0.143. The van der Waals surface area contributed by atoms with Gasteiger partial charge in [0.05, 0.1) is 0 Å². The zero-order chi connectivity index (χ0) is 18.3. The van der Waals surface area contributed by atoms with E-state index >= 15 is 0 Å². The van der Waals surface area contributed by atoms with Crippen LogP contribution in [0.2, 0.25) is 0 Å². The summed E-state index contributed by atoms with van der Waals surface area (Å²) in [5, 5.41) is 47.2. The average Bonchev–Trinajstić information content (AvgIpc) is 2.52. The zero-order valence-corrected chi connectivity index (χ0v) is 12.3. The molecule has 0 aliphatic carbocycles. The summed E-state index contributed by atoms with van der Waals surface area (Å²) in [6.07, 6.45) is -1.67. The van der Waals surface area contributed by atoms with E-state index in [-0.39, 0.29) is 28.0 Å². The Kier molecular flexibility index (Phi) is 3.61. The van der Waals surface area contributed by atoms with Crippen LogP contribution in [-0.4, -0.2) is 31.7 Å². The molecule has 2 aromatic carbocycles. The van der Waals surface area contributed by atoms with Crippen molar-refractivity contribution in [2.45, 2.75) is 0 Å². The Morgan fingerprint density at radius 2 is 1.72 bits per heavy atom. The fourth-order valence-corrected chi connectivity index (χ4v) is 2.30. The molecule has 9 nitrogen and oxygen atoms in total. The van der Waals surface area contributed by atoms with E-state index in [0.29, 0.717) is 0 Å². The molecule has 0 saturated carbocycles. The summed E-state index contributed by atoms with van der Waals surface area (Å²) in [6.45, 7) is 0. The van der Waals surface area contributed by atoms with Crippen molar-refractivity contribution in [3.63, 3.8) is 0 Å². The number of carbonyl (C=O) groups is 1. The second-order valence-corrected chi connectivity index (χ2v) is 5.00. The molecule has 0 radical (unpaired) electrons. The second kappa shape index (κ2) is 5.64. The van der Waals surface area contributed by atoms with Gasteiger partial charge in [-0.05, 0) is 18.2 Å². The fraction of sp³-hybridized carbons (Fsp3) is 0. The van der Waals surface area contributed by atoms with Gasteiger partial charge in [0.15, 0.2) is 17.3 Å². The maximum absolute atomic E-state index is 12.3. The van der Waals surface area contributed by atoms with Gasteiger partial charge in [-0.1, -0.05) is 0 Å². The minimum atomic E-state index is -1.67. The first-order valence-corrected chi connectivity index (χ1v) is 6.74. The van der Waals surface area contributed by atoms with Gasteiger partial charge in [0.25, 0.3) is 0 Å². The first-order valence-electron chi connectivity index (χ1n) is 6.74. The number of benzene rings is 2. The number of fused-ring (bicyclic) bond motifs is 1. The maximum Gasteiger partial charge on any atom is 0.511 e. The molecule has 3 rings (SSSR count). The number of rotatable bonds is 2. The first-order chi connectivity index (χ1) is 11.8. The second-order valence-electron chi connectivity index (χ2n) is 5.00. The highest BCUT2D eigenvalue weighted by atomic mass is 16.7. The predicted molar refractivity (Wildman–Crippen MR) is 83.2 cm³/mol. The largest absolute Gasteiger partial charge is 0.511 e. The van der Waals surface area contributed by atoms with Gasteiger partial charge in [0, 0.05) is 17.7 Å². The minimum absolute atomic E-state index is 0.0217. The third kappa shape index (κ3) is 2.74. The molecular weight excluding hydrogens is 336 g/mol. The molecule has 0 aliphatic rings. The molecule has 5 N–H and O–H groups in total. The average molecular weight is 346 g/mol. The summed E-state index contributed by atoms with van der Waals surface area (Å²) in [6, 6.07) is 5.34. The molecule has 9 heteroatoms. The molecule has 0 bridgehead atoms. The smallest absolute Gasteiger partial charge is 0.508 e. The molecular formula is C16H10O9. The van der Waals surface area contributed by atoms with Gasteiger partial charge in [-0.15, -0.1) is 0 Å². The van der Waals surface area contributed by atoms with Gasteiger partial charge in [-0.25, -0.2) is 4.79 Å². The Morgan fingerprint density at radius 1 is 1.00 bits per heavy atom. The van der Waals surface area contributed by atoms with Crippen LogP contribution in [0.4, 0.5) is 4.79 Å². The van der Waals surface area contributed by atoms with Crippen LogP contribution in [0.1, 0.15) is 0 Å². The molecule has 128 valence electrons. The lowest BCUT2D eigenvalue weighted by Crippen LogP contribution is -2.04. The Morgan fingerprint density at radius 3 is 2.40 bits per heavy atom. The summed E-state index contributed by atoms with van der Waals surface area (Å²) in [7, 11) is 0. The molecule has 1 heterocycles. The molecule has 3 aromatic rings. The van der Waals surface area contributed by atoms with Crippen LogP contribution in [0.15, 0.2) is 39.5 Å². The van der Waals surface area contributed by atoms with Crippen LogP contribution >= 0.6 is 0 Å². The summed E-state index contributed by atoms with van der Waals surface area (Å²) < 4.78 is 9.75. The molecule has 0 amide bonds. The van der Waals surface area contributed by atoms with Crippen molar-refractivity contribution in [1.29, 1.82) is 0 Å². The van der Waals surface area contributed by atoms with Crippen LogP contribution in [0, 0.1) is 0 Å². The van der Waals surface area contributed by atoms with Crippen LogP contribution in [0.25, 0.3) is 22.3 Å². The van der Waals surface area contributed by atoms with Gasteiger partial charge in [-0.2, -0.15) is 0 Å². The molecule has 0 aliphatic heterocycles. The molecule has 0 fully saturated rings. The molecule has 0 saturated heterocycles. The van der Waals surface area contributed by atoms with Crippen molar-refractivity contribution in [3.8, 4) is 40.1 Å². The number of phenols is 3. The molecule has 0 spiro atoms. The standard InChI is InChI=1S/C16H10O9/c17-7-4-9(19)12-11(5-7)24-15(14(21)13(12)20)6-1-2-8(18)10(3-6)25-16(22)23/h1-5,17-19,21H,(H,22,23). The van der Waals surface area contributed by atoms with Gasteiger partial charge in [-0.3, -0.25) is 4.79 Å². The Bertz CT molecular complexity index is 1070. The fourth-order valence-electron chi connectivity index (χ4n) is 2.30. The topological polar surface area (TPSA) is 158 Å². The Labute approximate surface area is 138 Å². The Hall–Kier alpha value is -3.88. The number of aromatic hydroxyl groups is 4. The molecule has 1 aromatic heterocycles. The van der Waals surface area contributed by atoms with Crippen molar-refractivity contribution < 1.29 is 39.5 Å². The SMILES string of the molecule is O=C(O)Oc1cc(-c2oc3cc(O)cc(O)c3c(=O)c2O)ccc1O. The normalized spacial score (nSPS) is 10.7. The summed E-state index contributed by atoms with van der Waals surface area (Å²) >= 11 is 0. The molecule has 25 heavy (non-hydrogen) atoms. The van der Waals surface area contributed by atoms with Gasteiger partial charge in [0.2, 0.25) is 11.2 Å². The highest BCUT2D eigenvalue weighted by Gasteiger charge is 2.20. The van der Waals surface area contributed by atoms with Crippen molar-refractivity contribution in [2.75, 3.05) is 0 Å². The third-order valence-corrected chi connectivity index (χ3v) is 3.35. The van der Waals surface area contributed by atoms with E-state index in [4.69, 9.17) is 9.52 Å². The van der Waals surface area contributed by atoms with E-state index in [2.05, 4.69) is 4.74 Å². The summed E-state index contributed by atoms with van der Waals surface area (Å²) in [5.74, 6) is -3.08. The molecule has 0 atom stereocenters. The van der Waals surface area contributed by atoms with E-state index in [9.17, 15) is 30.0 Å². The van der Waals surface area contributed by atoms with Crippen molar-refractivity contribution in [2.24, 2.45) is 0 Å². The maximum atomic E-state index is 12.3. The van der Waals surface area contributed by atoms with Crippen LogP contribution in [0.5, 0.6) is 28.7 Å². The number of hydrogen-bond acceptors (Lipinski definition) is 8. The number of hydrogen-bond donors (Lipinski definition) is 5.